The zero-order chi connectivity index (χ0) is 14.5. The van der Waals surface area contributed by atoms with Gasteiger partial charge >= 0.3 is 0 Å². The Labute approximate surface area is 112 Å². The van der Waals surface area contributed by atoms with Crippen LogP contribution in [0.25, 0.3) is 0 Å². The highest BCUT2D eigenvalue weighted by molar-refractivity contribution is 7.90. The smallest absolute Gasteiger partial charge is 0.258 e. The van der Waals surface area contributed by atoms with E-state index in [9.17, 15) is 13.2 Å². The van der Waals surface area contributed by atoms with Gasteiger partial charge in [0.25, 0.3) is 5.91 Å². The van der Waals surface area contributed by atoms with Crippen molar-refractivity contribution in [3.8, 4) is 5.75 Å². The van der Waals surface area contributed by atoms with Crippen molar-refractivity contribution in [1.82, 2.24) is 5.32 Å². The molecule has 0 aliphatic heterocycles. The number of hydrogen-bond acceptors (Lipinski definition) is 5. The molecule has 0 fully saturated rings. The molecule has 0 spiro atoms. The van der Waals surface area contributed by atoms with E-state index >= 15 is 0 Å². The third-order valence-corrected chi connectivity index (χ3v) is 3.32. The maximum absolute atomic E-state index is 11.5. The van der Waals surface area contributed by atoms with Crippen LogP contribution in [0.3, 0.4) is 0 Å². The van der Waals surface area contributed by atoms with Crippen LogP contribution < -0.4 is 15.8 Å². The van der Waals surface area contributed by atoms with E-state index in [-0.39, 0.29) is 18.3 Å². The van der Waals surface area contributed by atoms with Gasteiger partial charge in [0.15, 0.2) is 6.61 Å². The molecule has 1 aromatic rings. The van der Waals surface area contributed by atoms with Gasteiger partial charge in [-0.3, -0.25) is 4.79 Å². The zero-order valence-electron chi connectivity index (χ0n) is 10.9. The fourth-order valence-electron chi connectivity index (χ4n) is 1.53. The number of hydrogen-bond donors (Lipinski definition) is 2. The molecule has 1 rings (SSSR count). The van der Waals surface area contributed by atoms with E-state index in [0.717, 1.165) is 6.26 Å². The second-order valence-electron chi connectivity index (χ2n) is 4.42. The van der Waals surface area contributed by atoms with Crippen LogP contribution in [0.4, 0.5) is 5.69 Å². The Bertz CT molecular complexity index is 525. The third-order valence-electron chi connectivity index (χ3n) is 2.21. The highest BCUT2D eigenvalue weighted by atomic mass is 32.2. The summed E-state index contributed by atoms with van der Waals surface area (Å²) < 4.78 is 27.3. The number of anilines is 1. The number of nitrogens with two attached hydrogens (primary N) is 1. The van der Waals surface area contributed by atoms with Crippen LogP contribution in [0.2, 0.25) is 0 Å². The van der Waals surface area contributed by atoms with Gasteiger partial charge < -0.3 is 15.8 Å². The predicted octanol–water partition coefficient (Wildman–Crippen LogP) is 0.197. The summed E-state index contributed by atoms with van der Waals surface area (Å²) in [7, 11) is -3.11. The maximum Gasteiger partial charge on any atom is 0.258 e. The minimum atomic E-state index is -3.11. The lowest BCUT2D eigenvalue weighted by atomic mass is 10.3. The van der Waals surface area contributed by atoms with E-state index in [4.69, 9.17) is 10.5 Å². The van der Waals surface area contributed by atoms with E-state index < -0.39 is 15.9 Å². The Balaban J connectivity index is 2.37. The standard InChI is InChI=1S/C12H18N2O4S/c1-9(8-19(2,16)17)14-12(15)7-18-11-5-3-10(13)4-6-11/h3-6,9H,7-8,13H2,1-2H3,(H,14,15). The first kappa shape index (κ1) is 15.3. The van der Waals surface area contributed by atoms with Gasteiger partial charge in [-0.05, 0) is 31.2 Å². The predicted molar refractivity (Wildman–Crippen MR) is 73.7 cm³/mol. The molecule has 0 aliphatic carbocycles. The largest absolute Gasteiger partial charge is 0.484 e. The first-order valence-electron chi connectivity index (χ1n) is 5.72. The lowest BCUT2D eigenvalue weighted by Crippen LogP contribution is -2.39. The Morgan fingerprint density at radius 2 is 1.95 bits per heavy atom. The van der Waals surface area contributed by atoms with Crippen LogP contribution >= 0.6 is 0 Å². The van der Waals surface area contributed by atoms with E-state index in [0.29, 0.717) is 11.4 Å². The highest BCUT2D eigenvalue weighted by Gasteiger charge is 2.13. The lowest BCUT2D eigenvalue weighted by Gasteiger charge is -2.13. The van der Waals surface area contributed by atoms with E-state index in [1.165, 1.54) is 0 Å². The fraction of sp³-hybridized carbons (Fsp3) is 0.417. The molecule has 0 aromatic heterocycles. The summed E-state index contributed by atoms with van der Waals surface area (Å²) in [5.74, 6) is 0.0637. The second kappa shape index (κ2) is 6.42. The van der Waals surface area contributed by atoms with Gasteiger partial charge in [0.2, 0.25) is 0 Å². The average Bonchev–Trinajstić information content (AvgIpc) is 2.25. The fourth-order valence-corrected chi connectivity index (χ4v) is 2.52. The molecule has 1 atom stereocenters. The van der Waals surface area contributed by atoms with Crippen LogP contribution in [0.1, 0.15) is 6.92 Å². The maximum atomic E-state index is 11.5. The first-order valence-corrected chi connectivity index (χ1v) is 7.78. The minimum Gasteiger partial charge on any atom is -0.484 e. The number of nitrogens with one attached hydrogen (secondary N) is 1. The Hall–Kier alpha value is -1.76. The topological polar surface area (TPSA) is 98.5 Å². The molecule has 0 saturated carbocycles. The van der Waals surface area contributed by atoms with Crippen molar-refractivity contribution in [2.75, 3.05) is 24.3 Å². The van der Waals surface area contributed by atoms with Crippen molar-refractivity contribution < 1.29 is 17.9 Å². The second-order valence-corrected chi connectivity index (χ2v) is 6.60. The molecular weight excluding hydrogens is 268 g/mol. The minimum absolute atomic E-state index is 0.0966. The van der Waals surface area contributed by atoms with Gasteiger partial charge in [-0.15, -0.1) is 0 Å². The van der Waals surface area contributed by atoms with Crippen LogP contribution in [-0.4, -0.2) is 39.0 Å². The zero-order valence-corrected chi connectivity index (χ0v) is 11.7. The van der Waals surface area contributed by atoms with Gasteiger partial charge in [-0.25, -0.2) is 8.42 Å². The summed E-state index contributed by atoms with van der Waals surface area (Å²) in [5, 5.41) is 2.55. The van der Waals surface area contributed by atoms with Crippen LogP contribution in [-0.2, 0) is 14.6 Å². The number of carbonyl (C=O) groups excluding carboxylic acids is 1. The van der Waals surface area contributed by atoms with Crippen molar-refractivity contribution in [2.24, 2.45) is 0 Å². The van der Waals surface area contributed by atoms with Gasteiger partial charge in [0, 0.05) is 18.0 Å². The van der Waals surface area contributed by atoms with Crippen LogP contribution in [0.5, 0.6) is 5.75 Å². The molecule has 1 unspecified atom stereocenters. The first-order chi connectivity index (χ1) is 8.76. The third kappa shape index (κ3) is 6.66. The molecular formula is C12H18N2O4S. The van der Waals surface area contributed by atoms with Gasteiger partial charge in [0.05, 0.1) is 5.75 Å². The Morgan fingerprint density at radius 3 is 2.47 bits per heavy atom. The monoisotopic (exact) mass is 286 g/mol. The highest BCUT2D eigenvalue weighted by Crippen LogP contribution is 2.12. The average molecular weight is 286 g/mol. The number of nitrogen functional groups attached to an aromatic ring is 1. The van der Waals surface area contributed by atoms with E-state index in [1.807, 2.05) is 0 Å². The van der Waals surface area contributed by atoms with Gasteiger partial charge in [-0.2, -0.15) is 0 Å². The van der Waals surface area contributed by atoms with Crippen molar-refractivity contribution in [2.45, 2.75) is 13.0 Å². The lowest BCUT2D eigenvalue weighted by molar-refractivity contribution is -0.123. The van der Waals surface area contributed by atoms with Crippen LogP contribution in [0, 0.1) is 0 Å². The number of rotatable bonds is 6. The normalized spacial score (nSPS) is 12.7. The van der Waals surface area contributed by atoms with E-state index in [2.05, 4.69) is 5.32 Å². The molecule has 1 aromatic carbocycles. The summed E-state index contributed by atoms with van der Waals surface area (Å²) in [5.41, 5.74) is 6.13. The molecule has 0 heterocycles. The SMILES string of the molecule is CC(CS(C)(=O)=O)NC(=O)COc1ccc(N)cc1. The summed E-state index contributed by atoms with van der Waals surface area (Å²) in [6.07, 6.45) is 1.13. The number of benzene rings is 1. The molecule has 0 saturated heterocycles. The Morgan fingerprint density at radius 1 is 1.37 bits per heavy atom. The van der Waals surface area contributed by atoms with Crippen molar-refractivity contribution in [1.29, 1.82) is 0 Å². The number of sulfone groups is 1. The molecule has 106 valence electrons. The van der Waals surface area contributed by atoms with E-state index in [1.54, 1.807) is 31.2 Å². The summed E-state index contributed by atoms with van der Waals surface area (Å²) in [6, 6.07) is 6.20. The van der Waals surface area contributed by atoms with Crippen molar-refractivity contribution in [3.05, 3.63) is 24.3 Å². The number of carbonyl (C=O) groups is 1. The molecule has 19 heavy (non-hydrogen) atoms. The van der Waals surface area contributed by atoms with Crippen molar-refractivity contribution >= 4 is 21.4 Å². The van der Waals surface area contributed by atoms with Gasteiger partial charge in [0.1, 0.15) is 15.6 Å². The molecule has 0 radical (unpaired) electrons. The van der Waals surface area contributed by atoms with Crippen molar-refractivity contribution in [3.63, 3.8) is 0 Å². The molecule has 0 bridgehead atoms. The Kier molecular flexibility index (Phi) is 5.17. The summed E-state index contributed by atoms with van der Waals surface area (Å²) in [6.45, 7) is 1.46. The number of amides is 1. The summed E-state index contributed by atoms with van der Waals surface area (Å²) in [4.78, 5) is 11.5. The summed E-state index contributed by atoms with van der Waals surface area (Å²) >= 11 is 0. The molecule has 6 nitrogen and oxygen atoms in total. The molecule has 7 heteroatoms. The molecule has 1 amide bonds. The number of ether oxygens (including phenoxy) is 1. The van der Waals surface area contributed by atoms with Crippen LogP contribution in [0.15, 0.2) is 24.3 Å². The molecule has 0 aliphatic rings. The quantitative estimate of drug-likeness (QED) is 0.728. The van der Waals surface area contributed by atoms with Gasteiger partial charge in [-0.1, -0.05) is 0 Å². The molecule has 3 N–H and O–H groups in total.